The minimum absolute atomic E-state index is 0.0292. The molecule has 1 unspecified atom stereocenters. The molecule has 30 heavy (non-hydrogen) atoms. The molecule has 3 rings (SSSR count). The van der Waals surface area contributed by atoms with E-state index in [1.54, 1.807) is 45.9 Å². The molecule has 5 N–H and O–H groups in total. The summed E-state index contributed by atoms with van der Waals surface area (Å²) in [5.74, 6) is 0.480. The topological polar surface area (TPSA) is 101 Å². The second kappa shape index (κ2) is 7.63. The van der Waals surface area contributed by atoms with Gasteiger partial charge in [0.05, 0.1) is 0 Å². The molecule has 0 amide bonds. The average molecular weight is 411 g/mol. The molecular weight excluding hydrogens is 380 g/mol. The number of phenols is 4. The summed E-state index contributed by atoms with van der Waals surface area (Å²) in [5.41, 5.74) is 3.98. The Morgan fingerprint density at radius 1 is 0.767 bits per heavy atom. The molecule has 0 aromatic heterocycles. The Morgan fingerprint density at radius 3 is 1.83 bits per heavy atom. The summed E-state index contributed by atoms with van der Waals surface area (Å²) in [4.78, 5) is 0. The molecule has 1 aliphatic rings. The van der Waals surface area contributed by atoms with Crippen molar-refractivity contribution in [2.75, 3.05) is 0 Å². The summed E-state index contributed by atoms with van der Waals surface area (Å²) >= 11 is 0. The van der Waals surface area contributed by atoms with E-state index in [4.69, 9.17) is 0 Å². The standard InChI is InChI=1S/C25H30O5/c1-13-8-17(23(29)15(3)21(13)27)10-18-11-25(5,7-6-20(18)26)12-19-9-14(2)22(28)16(4)24(19)30/h6,8-9,11,26-30H,7,10,12H2,1-5H3. The second-order valence-electron chi connectivity index (χ2n) is 8.82. The summed E-state index contributed by atoms with van der Waals surface area (Å²) in [6.07, 6.45) is 5.22. The number of allylic oxidation sites excluding steroid dienone is 3. The first-order valence-corrected chi connectivity index (χ1v) is 10.1. The van der Waals surface area contributed by atoms with Gasteiger partial charge in [-0.3, -0.25) is 0 Å². The zero-order chi connectivity index (χ0) is 22.4. The summed E-state index contributed by atoms with van der Waals surface area (Å²) in [7, 11) is 0. The Kier molecular flexibility index (Phi) is 5.50. The van der Waals surface area contributed by atoms with E-state index in [-0.39, 0.29) is 34.2 Å². The molecule has 0 radical (unpaired) electrons. The van der Waals surface area contributed by atoms with Gasteiger partial charge in [-0.15, -0.1) is 0 Å². The predicted octanol–water partition coefficient (Wildman–Crippen LogP) is 5.31. The third kappa shape index (κ3) is 3.84. The molecule has 0 heterocycles. The predicted molar refractivity (Wildman–Crippen MR) is 117 cm³/mol. The number of benzene rings is 2. The fourth-order valence-corrected chi connectivity index (χ4v) is 4.28. The minimum Gasteiger partial charge on any atom is -0.508 e. The maximum atomic E-state index is 10.5. The van der Waals surface area contributed by atoms with Crippen LogP contribution in [0, 0.1) is 33.1 Å². The van der Waals surface area contributed by atoms with Crippen LogP contribution in [0.5, 0.6) is 23.0 Å². The van der Waals surface area contributed by atoms with Crippen molar-refractivity contribution in [2.45, 2.75) is 53.9 Å². The van der Waals surface area contributed by atoms with Gasteiger partial charge in [-0.25, -0.2) is 0 Å². The number of hydrogen-bond acceptors (Lipinski definition) is 5. The molecule has 2 aromatic rings. The zero-order valence-corrected chi connectivity index (χ0v) is 18.2. The van der Waals surface area contributed by atoms with E-state index in [2.05, 4.69) is 6.92 Å². The molecule has 160 valence electrons. The highest BCUT2D eigenvalue weighted by atomic mass is 16.3. The van der Waals surface area contributed by atoms with Crippen LogP contribution in [0.15, 0.2) is 35.6 Å². The fraction of sp³-hybridized carbons (Fsp3) is 0.360. The maximum absolute atomic E-state index is 10.5. The van der Waals surface area contributed by atoms with Crippen LogP contribution in [-0.4, -0.2) is 25.5 Å². The van der Waals surface area contributed by atoms with Crippen molar-refractivity contribution in [1.29, 1.82) is 0 Å². The Balaban J connectivity index is 1.96. The van der Waals surface area contributed by atoms with Crippen molar-refractivity contribution < 1.29 is 25.5 Å². The van der Waals surface area contributed by atoms with Crippen molar-refractivity contribution in [3.63, 3.8) is 0 Å². The quantitative estimate of drug-likeness (QED) is 0.470. The molecule has 0 aliphatic heterocycles. The lowest BCUT2D eigenvalue weighted by Gasteiger charge is -2.31. The molecule has 0 fully saturated rings. The highest BCUT2D eigenvalue weighted by Gasteiger charge is 2.29. The SMILES string of the molecule is Cc1cc(CC2=CC(C)(Cc3cc(C)c(O)c(C)c3O)CC=C2O)c(O)c(C)c1O. The van der Waals surface area contributed by atoms with Crippen molar-refractivity contribution >= 4 is 0 Å². The van der Waals surface area contributed by atoms with Crippen molar-refractivity contribution in [2.24, 2.45) is 5.41 Å². The number of aliphatic hydroxyl groups excluding tert-OH is 1. The second-order valence-corrected chi connectivity index (χ2v) is 8.82. The third-order valence-corrected chi connectivity index (χ3v) is 6.15. The van der Waals surface area contributed by atoms with E-state index >= 15 is 0 Å². The highest BCUT2D eigenvalue weighted by Crippen LogP contribution is 2.42. The molecule has 0 saturated carbocycles. The zero-order valence-electron chi connectivity index (χ0n) is 18.2. The van der Waals surface area contributed by atoms with E-state index in [1.165, 1.54) is 0 Å². The Labute approximate surface area is 177 Å². The maximum Gasteiger partial charge on any atom is 0.125 e. The monoisotopic (exact) mass is 410 g/mol. The van der Waals surface area contributed by atoms with Crippen LogP contribution in [0.1, 0.15) is 46.7 Å². The number of aromatic hydroxyl groups is 4. The van der Waals surface area contributed by atoms with Crippen LogP contribution in [-0.2, 0) is 12.8 Å². The molecule has 0 spiro atoms. The van der Waals surface area contributed by atoms with Gasteiger partial charge in [-0.05, 0) is 92.0 Å². The van der Waals surface area contributed by atoms with E-state index in [1.807, 2.05) is 6.08 Å². The van der Waals surface area contributed by atoms with Gasteiger partial charge >= 0.3 is 0 Å². The van der Waals surface area contributed by atoms with Gasteiger partial charge in [-0.1, -0.05) is 13.0 Å². The average Bonchev–Trinajstić information content (AvgIpc) is 2.69. The first-order chi connectivity index (χ1) is 13.9. The lowest BCUT2D eigenvalue weighted by molar-refractivity contribution is 0.362. The van der Waals surface area contributed by atoms with Gasteiger partial charge in [-0.2, -0.15) is 0 Å². The van der Waals surface area contributed by atoms with Crippen LogP contribution in [0.3, 0.4) is 0 Å². The molecule has 5 heteroatoms. The Bertz CT molecular complexity index is 1080. The Morgan fingerprint density at radius 2 is 1.27 bits per heavy atom. The van der Waals surface area contributed by atoms with Gasteiger partial charge < -0.3 is 25.5 Å². The van der Waals surface area contributed by atoms with E-state index in [0.717, 1.165) is 5.56 Å². The molecular formula is C25H30O5. The summed E-state index contributed by atoms with van der Waals surface area (Å²) < 4.78 is 0. The van der Waals surface area contributed by atoms with Crippen LogP contribution in [0.2, 0.25) is 0 Å². The third-order valence-electron chi connectivity index (χ3n) is 6.15. The van der Waals surface area contributed by atoms with Crippen LogP contribution in [0.25, 0.3) is 0 Å². The number of hydrogen-bond donors (Lipinski definition) is 5. The van der Waals surface area contributed by atoms with Crippen molar-refractivity contribution in [3.05, 3.63) is 69.0 Å². The lowest BCUT2D eigenvalue weighted by Crippen LogP contribution is -2.21. The van der Waals surface area contributed by atoms with Crippen LogP contribution in [0.4, 0.5) is 0 Å². The first kappa shape index (κ1) is 21.6. The number of rotatable bonds is 4. The Hall–Kier alpha value is -3.08. The smallest absolute Gasteiger partial charge is 0.125 e. The van der Waals surface area contributed by atoms with Crippen LogP contribution < -0.4 is 0 Å². The molecule has 2 aromatic carbocycles. The van der Waals surface area contributed by atoms with Gasteiger partial charge in [0.1, 0.15) is 28.8 Å². The molecule has 5 nitrogen and oxygen atoms in total. The van der Waals surface area contributed by atoms with Gasteiger partial charge in [0.25, 0.3) is 0 Å². The van der Waals surface area contributed by atoms with Crippen molar-refractivity contribution in [3.8, 4) is 23.0 Å². The summed E-state index contributed by atoms with van der Waals surface area (Å²) in [5, 5.41) is 51.5. The largest absolute Gasteiger partial charge is 0.508 e. The van der Waals surface area contributed by atoms with Gasteiger partial charge in [0, 0.05) is 17.5 Å². The minimum atomic E-state index is -0.356. The highest BCUT2D eigenvalue weighted by molar-refractivity contribution is 5.55. The van der Waals surface area contributed by atoms with Crippen LogP contribution >= 0.6 is 0 Å². The van der Waals surface area contributed by atoms with Gasteiger partial charge in [0.15, 0.2) is 0 Å². The first-order valence-electron chi connectivity index (χ1n) is 10.1. The molecule has 1 atom stereocenters. The molecule has 0 saturated heterocycles. The number of phenolic OH excluding ortho intramolecular Hbond substituents is 4. The van der Waals surface area contributed by atoms with E-state index < -0.39 is 0 Å². The lowest BCUT2D eigenvalue weighted by atomic mass is 9.74. The van der Waals surface area contributed by atoms with Crippen molar-refractivity contribution in [1.82, 2.24) is 0 Å². The number of aliphatic hydroxyl groups is 1. The van der Waals surface area contributed by atoms with Gasteiger partial charge in [0.2, 0.25) is 0 Å². The molecule has 1 aliphatic carbocycles. The normalized spacial score (nSPS) is 18.8. The summed E-state index contributed by atoms with van der Waals surface area (Å²) in [6, 6.07) is 3.53. The van der Waals surface area contributed by atoms with E-state index in [9.17, 15) is 25.5 Å². The summed E-state index contributed by atoms with van der Waals surface area (Å²) in [6.45, 7) is 8.99. The molecule has 0 bridgehead atoms. The number of aryl methyl sites for hydroxylation is 2. The fourth-order valence-electron chi connectivity index (χ4n) is 4.28. The van der Waals surface area contributed by atoms with E-state index in [0.29, 0.717) is 52.7 Å².